The normalized spacial score (nSPS) is 10.2. The van der Waals surface area contributed by atoms with Gasteiger partial charge in [0.1, 0.15) is 24.0 Å². The molecule has 126 valence electrons. The van der Waals surface area contributed by atoms with Gasteiger partial charge in [0.05, 0.1) is 25.3 Å². The summed E-state index contributed by atoms with van der Waals surface area (Å²) in [6.45, 7) is -0.283. The minimum absolute atomic E-state index is 0.00177. The number of ether oxygens (including phenoxy) is 3. The molecule has 0 saturated heterocycles. The summed E-state index contributed by atoms with van der Waals surface area (Å²) in [6, 6.07) is 6.92. The van der Waals surface area contributed by atoms with Gasteiger partial charge in [0.2, 0.25) is 0 Å². The van der Waals surface area contributed by atoms with Crippen molar-refractivity contribution in [3.8, 4) is 5.75 Å². The Morgan fingerprint density at radius 2 is 1.50 bits per heavy atom. The second-order valence-corrected chi connectivity index (χ2v) is 4.75. The first-order chi connectivity index (χ1) is 11.4. The smallest absolute Gasteiger partial charge is 0.338 e. The Morgan fingerprint density at radius 3 is 2.04 bits per heavy atom. The zero-order valence-electron chi connectivity index (χ0n) is 13.0. The molecule has 5 nitrogen and oxygen atoms in total. The van der Waals surface area contributed by atoms with Gasteiger partial charge in [-0.2, -0.15) is 0 Å². The molecule has 0 saturated carbocycles. The van der Waals surface area contributed by atoms with Gasteiger partial charge in [-0.05, 0) is 36.4 Å². The van der Waals surface area contributed by atoms with Crippen molar-refractivity contribution in [2.45, 2.75) is 6.61 Å². The van der Waals surface area contributed by atoms with E-state index in [9.17, 15) is 18.4 Å². The van der Waals surface area contributed by atoms with Crippen LogP contribution in [0.4, 0.5) is 8.78 Å². The van der Waals surface area contributed by atoms with Crippen molar-refractivity contribution in [2.24, 2.45) is 0 Å². The number of halogens is 2. The van der Waals surface area contributed by atoms with Crippen molar-refractivity contribution in [3.05, 3.63) is 64.7 Å². The quantitative estimate of drug-likeness (QED) is 0.785. The maximum atomic E-state index is 13.6. The summed E-state index contributed by atoms with van der Waals surface area (Å²) in [5, 5.41) is 0. The molecule has 0 aliphatic rings. The highest BCUT2D eigenvalue weighted by atomic mass is 19.1. The van der Waals surface area contributed by atoms with E-state index in [-0.39, 0.29) is 29.0 Å². The summed E-state index contributed by atoms with van der Waals surface area (Å²) in [5.74, 6) is -2.48. The number of carbonyl (C=O) groups excluding carboxylic acids is 2. The van der Waals surface area contributed by atoms with E-state index in [1.54, 1.807) is 0 Å². The number of carbonyl (C=O) groups is 2. The van der Waals surface area contributed by atoms with Crippen LogP contribution in [0.3, 0.4) is 0 Å². The van der Waals surface area contributed by atoms with Crippen molar-refractivity contribution >= 4 is 11.9 Å². The summed E-state index contributed by atoms with van der Waals surface area (Å²) in [7, 11) is 2.38. The van der Waals surface area contributed by atoms with E-state index < -0.39 is 23.6 Å². The van der Waals surface area contributed by atoms with Gasteiger partial charge in [-0.15, -0.1) is 0 Å². The number of methoxy groups -OCH3 is 2. The van der Waals surface area contributed by atoms with Gasteiger partial charge in [-0.1, -0.05) is 0 Å². The first kappa shape index (κ1) is 17.4. The van der Waals surface area contributed by atoms with Crippen LogP contribution in [0.15, 0.2) is 36.4 Å². The Balaban J connectivity index is 2.29. The molecule has 0 atom stereocenters. The molecule has 0 radical (unpaired) electrons. The minimum atomic E-state index is -0.678. The van der Waals surface area contributed by atoms with Gasteiger partial charge in [0.15, 0.2) is 0 Å². The van der Waals surface area contributed by atoms with Crippen LogP contribution >= 0.6 is 0 Å². The molecule has 0 aromatic heterocycles. The molecule has 0 spiro atoms. The lowest BCUT2D eigenvalue weighted by molar-refractivity contribution is 0.0598. The Labute approximate surface area is 136 Å². The number of esters is 2. The van der Waals surface area contributed by atoms with Crippen LogP contribution in [-0.4, -0.2) is 26.2 Å². The molecule has 2 rings (SSSR count). The van der Waals surface area contributed by atoms with Gasteiger partial charge in [0, 0.05) is 5.56 Å². The van der Waals surface area contributed by atoms with E-state index in [1.165, 1.54) is 32.4 Å². The SMILES string of the molecule is COC(=O)c1cc(OCc2cc(F)ccc2F)cc(C(=O)OC)c1. The summed E-state index contributed by atoms with van der Waals surface area (Å²) in [6.07, 6.45) is 0. The van der Waals surface area contributed by atoms with Gasteiger partial charge in [-0.25, -0.2) is 18.4 Å². The largest absolute Gasteiger partial charge is 0.489 e. The summed E-state index contributed by atoms with van der Waals surface area (Å²) >= 11 is 0. The lowest BCUT2D eigenvalue weighted by atomic mass is 10.1. The molecule has 0 fully saturated rings. The highest BCUT2D eigenvalue weighted by Gasteiger charge is 2.15. The highest BCUT2D eigenvalue weighted by molar-refractivity contribution is 5.96. The van der Waals surface area contributed by atoms with Crippen LogP contribution in [0.5, 0.6) is 5.75 Å². The molecule has 0 amide bonds. The molecule has 0 N–H and O–H groups in total. The van der Waals surface area contributed by atoms with Gasteiger partial charge >= 0.3 is 11.9 Å². The average Bonchev–Trinajstić information content (AvgIpc) is 2.60. The third-order valence-electron chi connectivity index (χ3n) is 3.15. The van der Waals surface area contributed by atoms with Crippen molar-refractivity contribution in [1.29, 1.82) is 0 Å². The predicted molar refractivity (Wildman–Crippen MR) is 79.8 cm³/mol. The Bertz CT molecular complexity index is 739. The topological polar surface area (TPSA) is 61.8 Å². The van der Waals surface area contributed by atoms with Crippen molar-refractivity contribution in [1.82, 2.24) is 0 Å². The zero-order valence-corrected chi connectivity index (χ0v) is 13.0. The molecular formula is C17H14F2O5. The molecule has 2 aromatic carbocycles. The Kier molecular flexibility index (Phi) is 5.47. The molecule has 0 aliphatic heterocycles. The predicted octanol–water partition coefficient (Wildman–Crippen LogP) is 3.12. The standard InChI is InChI=1S/C17H14F2O5/c1-22-16(20)10-5-11(17(21)23-2)8-14(7-10)24-9-12-6-13(18)3-4-15(12)19/h3-8H,9H2,1-2H3. The Hall–Kier alpha value is -2.96. The molecule has 7 heteroatoms. The molecule has 2 aromatic rings. The first-order valence-electron chi connectivity index (χ1n) is 6.83. The van der Waals surface area contributed by atoms with E-state index in [0.717, 1.165) is 18.2 Å². The number of hydrogen-bond donors (Lipinski definition) is 0. The number of rotatable bonds is 5. The second kappa shape index (κ2) is 7.54. The van der Waals surface area contributed by atoms with Crippen molar-refractivity contribution in [3.63, 3.8) is 0 Å². The summed E-state index contributed by atoms with van der Waals surface area (Å²) in [4.78, 5) is 23.3. The molecule has 0 unspecified atom stereocenters. The summed E-state index contributed by atoms with van der Waals surface area (Å²) in [5.41, 5.74) is 0.128. The molecule has 0 bridgehead atoms. The van der Waals surface area contributed by atoms with Gasteiger partial charge in [0.25, 0.3) is 0 Å². The van der Waals surface area contributed by atoms with E-state index >= 15 is 0 Å². The van der Waals surface area contributed by atoms with Crippen LogP contribution in [0.25, 0.3) is 0 Å². The maximum Gasteiger partial charge on any atom is 0.338 e. The van der Waals surface area contributed by atoms with E-state index in [2.05, 4.69) is 9.47 Å². The van der Waals surface area contributed by atoms with Crippen LogP contribution in [0.1, 0.15) is 26.3 Å². The van der Waals surface area contributed by atoms with Crippen molar-refractivity contribution in [2.75, 3.05) is 14.2 Å². The third-order valence-corrected chi connectivity index (χ3v) is 3.15. The minimum Gasteiger partial charge on any atom is -0.489 e. The lowest BCUT2D eigenvalue weighted by Gasteiger charge is -2.10. The molecule has 0 aliphatic carbocycles. The van der Waals surface area contributed by atoms with Crippen LogP contribution in [-0.2, 0) is 16.1 Å². The molecule has 0 heterocycles. The van der Waals surface area contributed by atoms with Crippen LogP contribution in [0, 0.1) is 11.6 Å². The first-order valence-corrected chi connectivity index (χ1v) is 6.83. The van der Waals surface area contributed by atoms with Crippen LogP contribution < -0.4 is 4.74 Å². The number of hydrogen-bond acceptors (Lipinski definition) is 5. The monoisotopic (exact) mass is 336 g/mol. The Morgan fingerprint density at radius 1 is 0.917 bits per heavy atom. The second-order valence-electron chi connectivity index (χ2n) is 4.75. The lowest BCUT2D eigenvalue weighted by Crippen LogP contribution is -2.08. The van der Waals surface area contributed by atoms with Crippen molar-refractivity contribution < 1.29 is 32.6 Å². The fourth-order valence-electron chi connectivity index (χ4n) is 1.97. The molecular weight excluding hydrogens is 322 g/mol. The van der Waals surface area contributed by atoms with E-state index in [4.69, 9.17) is 4.74 Å². The van der Waals surface area contributed by atoms with Gasteiger partial charge < -0.3 is 14.2 Å². The van der Waals surface area contributed by atoms with E-state index in [0.29, 0.717) is 0 Å². The van der Waals surface area contributed by atoms with Crippen LogP contribution in [0.2, 0.25) is 0 Å². The average molecular weight is 336 g/mol. The highest BCUT2D eigenvalue weighted by Crippen LogP contribution is 2.21. The fourth-order valence-corrected chi connectivity index (χ4v) is 1.97. The van der Waals surface area contributed by atoms with Gasteiger partial charge in [-0.3, -0.25) is 0 Å². The number of benzene rings is 2. The maximum absolute atomic E-state index is 13.6. The zero-order chi connectivity index (χ0) is 17.7. The molecule has 24 heavy (non-hydrogen) atoms. The summed E-state index contributed by atoms with van der Waals surface area (Å²) < 4.78 is 41.3. The fraction of sp³-hybridized carbons (Fsp3) is 0.176. The van der Waals surface area contributed by atoms with E-state index in [1.807, 2.05) is 0 Å². The third kappa shape index (κ3) is 4.07.